The highest BCUT2D eigenvalue weighted by Crippen LogP contribution is 2.19. The molecule has 128 valence electrons. The average Bonchev–Trinajstić information content (AvgIpc) is 2.80. The standard InChI is InChI=1S/C17H23N5O.3H2/c1-9(2)5-16(23)22-15(19)8-12(18)17-20-13-6-10(3)11(4)7-14(13)21-17;;;/h6-9H,5,18H2,1-4H3,(H,20,21)(H2,19,22,23);3*1H/b12-8-;;;. The van der Waals surface area contributed by atoms with E-state index in [1.54, 1.807) is 0 Å². The summed E-state index contributed by atoms with van der Waals surface area (Å²) < 4.78 is 0. The lowest BCUT2D eigenvalue weighted by Gasteiger charge is -2.00. The monoisotopic (exact) mass is 319 g/mol. The summed E-state index contributed by atoms with van der Waals surface area (Å²) in [4.78, 5) is 23.1. The molecule has 23 heavy (non-hydrogen) atoms. The Morgan fingerprint density at radius 2 is 2.00 bits per heavy atom. The summed E-state index contributed by atoms with van der Waals surface area (Å²) in [5.41, 5.74) is 16.2. The van der Waals surface area contributed by atoms with E-state index in [1.165, 1.54) is 17.2 Å². The molecule has 0 spiro atoms. The maximum Gasteiger partial charge on any atom is 0.247 e. The number of nitrogens with two attached hydrogens (primary N) is 2. The van der Waals surface area contributed by atoms with Gasteiger partial charge in [0, 0.05) is 16.8 Å². The van der Waals surface area contributed by atoms with Crippen LogP contribution in [0.15, 0.2) is 23.2 Å². The molecule has 0 aliphatic carbocycles. The van der Waals surface area contributed by atoms with Crippen LogP contribution in [0, 0.1) is 19.8 Å². The molecule has 1 aromatic heterocycles. The first kappa shape index (κ1) is 16.7. The Labute approximate surface area is 140 Å². The normalized spacial score (nSPS) is 13.1. The van der Waals surface area contributed by atoms with E-state index in [9.17, 15) is 4.79 Å². The summed E-state index contributed by atoms with van der Waals surface area (Å²) >= 11 is 0. The van der Waals surface area contributed by atoms with Crippen molar-refractivity contribution in [1.29, 1.82) is 0 Å². The predicted octanol–water partition coefficient (Wildman–Crippen LogP) is 3.15. The van der Waals surface area contributed by atoms with Crippen molar-refractivity contribution in [1.82, 2.24) is 9.97 Å². The van der Waals surface area contributed by atoms with Crippen molar-refractivity contribution in [3.63, 3.8) is 0 Å². The lowest BCUT2D eigenvalue weighted by molar-refractivity contribution is -0.118. The van der Waals surface area contributed by atoms with Crippen LogP contribution in [0.3, 0.4) is 0 Å². The van der Waals surface area contributed by atoms with Crippen molar-refractivity contribution in [2.75, 3.05) is 0 Å². The van der Waals surface area contributed by atoms with Crippen LogP contribution in [0.4, 0.5) is 0 Å². The zero-order chi connectivity index (χ0) is 17.1. The summed E-state index contributed by atoms with van der Waals surface area (Å²) in [5, 5.41) is 0. The topological polar surface area (TPSA) is 110 Å². The van der Waals surface area contributed by atoms with Gasteiger partial charge in [-0.3, -0.25) is 4.79 Å². The maximum absolute atomic E-state index is 11.6. The Morgan fingerprint density at radius 3 is 2.65 bits per heavy atom. The molecule has 1 amide bonds. The fourth-order valence-electron chi connectivity index (χ4n) is 2.21. The number of aromatic nitrogens is 2. The van der Waals surface area contributed by atoms with Gasteiger partial charge >= 0.3 is 0 Å². The van der Waals surface area contributed by atoms with Crippen LogP contribution in [-0.2, 0) is 4.79 Å². The van der Waals surface area contributed by atoms with Crippen LogP contribution in [-0.4, -0.2) is 21.7 Å². The minimum Gasteiger partial charge on any atom is -0.396 e. The summed E-state index contributed by atoms with van der Waals surface area (Å²) in [7, 11) is 0. The molecule has 0 aliphatic heterocycles. The fourth-order valence-corrected chi connectivity index (χ4v) is 2.21. The number of amidine groups is 1. The van der Waals surface area contributed by atoms with Crippen LogP contribution in [0.1, 0.15) is 41.5 Å². The lowest BCUT2D eigenvalue weighted by atomic mass is 10.1. The number of hydrogen-bond acceptors (Lipinski definition) is 3. The van der Waals surface area contributed by atoms with Crippen molar-refractivity contribution in [3.8, 4) is 0 Å². The second-order valence-electron chi connectivity index (χ2n) is 6.17. The van der Waals surface area contributed by atoms with Crippen LogP contribution >= 0.6 is 0 Å². The SMILES string of the molecule is Cc1cc2nc(/C(N)=C/C(N)=NC(=O)CC(C)C)[nH]c2cc1C.[HH].[HH].[HH]. The Balaban J connectivity index is 0. The first-order chi connectivity index (χ1) is 10.8. The van der Waals surface area contributed by atoms with Gasteiger partial charge in [0.2, 0.25) is 5.91 Å². The molecule has 0 aliphatic rings. The number of amides is 1. The minimum absolute atomic E-state index is 0. The van der Waals surface area contributed by atoms with Crippen LogP contribution in [0.25, 0.3) is 16.7 Å². The number of carbonyl (C=O) groups excluding carboxylic acids is 1. The van der Waals surface area contributed by atoms with Gasteiger partial charge in [-0.05, 0) is 43.0 Å². The molecule has 0 unspecified atom stereocenters. The molecule has 6 nitrogen and oxygen atoms in total. The summed E-state index contributed by atoms with van der Waals surface area (Å²) in [6.07, 6.45) is 1.81. The van der Waals surface area contributed by atoms with E-state index < -0.39 is 0 Å². The summed E-state index contributed by atoms with van der Waals surface area (Å²) in [6.45, 7) is 7.98. The first-order valence-corrected chi connectivity index (χ1v) is 7.57. The van der Waals surface area contributed by atoms with E-state index in [2.05, 4.69) is 15.0 Å². The van der Waals surface area contributed by atoms with Crippen LogP contribution in [0.2, 0.25) is 0 Å². The highest BCUT2D eigenvalue weighted by Gasteiger charge is 2.08. The number of benzene rings is 1. The zero-order valence-electron chi connectivity index (χ0n) is 14.0. The van der Waals surface area contributed by atoms with Gasteiger partial charge in [0.25, 0.3) is 0 Å². The number of aromatic amines is 1. The zero-order valence-corrected chi connectivity index (χ0v) is 14.0. The van der Waals surface area contributed by atoms with Gasteiger partial charge in [-0.2, -0.15) is 4.99 Å². The Hall–Kier alpha value is -2.63. The molecule has 0 saturated carbocycles. The number of hydrogen-bond donors (Lipinski definition) is 3. The van der Waals surface area contributed by atoms with Crippen molar-refractivity contribution < 1.29 is 9.07 Å². The molecule has 0 bridgehead atoms. The molecular formula is C17H29N5O. The van der Waals surface area contributed by atoms with Gasteiger partial charge in [0.05, 0.1) is 16.7 Å². The van der Waals surface area contributed by atoms with Crippen LogP contribution in [0.5, 0.6) is 0 Å². The maximum atomic E-state index is 11.6. The number of aliphatic imine (C=N–C) groups is 1. The molecule has 0 atom stereocenters. The van der Waals surface area contributed by atoms with Crippen molar-refractivity contribution in [3.05, 3.63) is 35.2 Å². The molecule has 0 fully saturated rings. The second-order valence-corrected chi connectivity index (χ2v) is 6.17. The summed E-state index contributed by atoms with van der Waals surface area (Å²) in [6, 6.07) is 4.03. The van der Waals surface area contributed by atoms with Crippen molar-refractivity contribution >= 4 is 28.5 Å². The number of nitrogens with one attached hydrogen (secondary N) is 1. The minimum atomic E-state index is -0.252. The number of imidazole rings is 1. The van der Waals surface area contributed by atoms with Gasteiger partial charge in [-0.15, -0.1) is 0 Å². The van der Waals surface area contributed by atoms with E-state index in [1.807, 2.05) is 39.8 Å². The molecule has 1 heterocycles. The van der Waals surface area contributed by atoms with E-state index in [0.717, 1.165) is 11.0 Å². The summed E-state index contributed by atoms with van der Waals surface area (Å²) in [5.74, 6) is 0.583. The van der Waals surface area contributed by atoms with Crippen molar-refractivity contribution in [2.45, 2.75) is 34.1 Å². The number of fused-ring (bicyclic) bond motifs is 1. The average molecular weight is 319 g/mol. The fraction of sp³-hybridized carbons (Fsp3) is 0.353. The quantitative estimate of drug-likeness (QED) is 0.594. The van der Waals surface area contributed by atoms with Gasteiger partial charge in [0.15, 0.2) is 5.82 Å². The molecule has 5 N–H and O–H groups in total. The molecular weight excluding hydrogens is 290 g/mol. The Kier molecular flexibility index (Phi) is 4.83. The number of H-pyrrole nitrogens is 1. The number of aryl methyl sites for hydroxylation is 2. The third-order valence-electron chi connectivity index (χ3n) is 3.51. The molecule has 0 saturated heterocycles. The van der Waals surface area contributed by atoms with Gasteiger partial charge < -0.3 is 16.5 Å². The first-order valence-electron chi connectivity index (χ1n) is 7.57. The van der Waals surface area contributed by atoms with Gasteiger partial charge in [-0.1, -0.05) is 13.8 Å². The molecule has 0 radical (unpaired) electrons. The van der Waals surface area contributed by atoms with E-state index in [-0.39, 0.29) is 21.9 Å². The van der Waals surface area contributed by atoms with E-state index in [4.69, 9.17) is 11.5 Å². The third-order valence-corrected chi connectivity index (χ3v) is 3.51. The lowest BCUT2D eigenvalue weighted by Crippen LogP contribution is -2.14. The Bertz CT molecular complexity index is 773. The van der Waals surface area contributed by atoms with Gasteiger partial charge in [0.1, 0.15) is 5.84 Å². The number of carbonyl (C=O) groups is 1. The predicted molar refractivity (Wildman–Crippen MR) is 100 cm³/mol. The highest BCUT2D eigenvalue weighted by molar-refractivity contribution is 6.03. The largest absolute Gasteiger partial charge is 0.396 e. The smallest absolute Gasteiger partial charge is 0.247 e. The highest BCUT2D eigenvalue weighted by atomic mass is 16.1. The third kappa shape index (κ3) is 4.18. The number of nitrogens with zero attached hydrogens (tertiary/aromatic N) is 2. The molecule has 2 aromatic rings. The molecule has 1 aromatic carbocycles. The Morgan fingerprint density at radius 1 is 1.35 bits per heavy atom. The molecule has 6 heteroatoms. The van der Waals surface area contributed by atoms with Crippen molar-refractivity contribution in [2.24, 2.45) is 22.4 Å². The van der Waals surface area contributed by atoms with Crippen LogP contribution < -0.4 is 11.5 Å². The van der Waals surface area contributed by atoms with Gasteiger partial charge in [-0.25, -0.2) is 4.98 Å². The number of rotatable bonds is 4. The second kappa shape index (κ2) is 6.64. The molecule has 2 rings (SSSR count). The van der Waals surface area contributed by atoms with E-state index >= 15 is 0 Å². The van der Waals surface area contributed by atoms with E-state index in [0.29, 0.717) is 17.9 Å².